The Balaban J connectivity index is 1.69. The van der Waals surface area contributed by atoms with Crippen LogP contribution >= 0.6 is 23.5 Å². The molecule has 0 saturated heterocycles. The summed E-state index contributed by atoms with van der Waals surface area (Å²) < 4.78 is 0. The molecule has 8 heteroatoms. The SMILES string of the molecule is NC(=O)c1ccc2c(c1)N=c1c(c3c(c4ccccc14)=Nc1cc(C(N)=O)ccc1S3)S2. The molecule has 6 rings (SSSR count). The summed E-state index contributed by atoms with van der Waals surface area (Å²) in [7, 11) is 0. The van der Waals surface area contributed by atoms with Crippen LogP contribution in [-0.4, -0.2) is 11.8 Å². The average Bonchev–Trinajstić information content (AvgIpc) is 2.81. The van der Waals surface area contributed by atoms with Crippen molar-refractivity contribution in [2.75, 3.05) is 0 Å². The van der Waals surface area contributed by atoms with Gasteiger partial charge in [-0.05, 0) is 36.4 Å². The molecule has 6 nitrogen and oxygen atoms in total. The van der Waals surface area contributed by atoms with E-state index in [1.54, 1.807) is 47.8 Å². The molecule has 4 aromatic rings. The molecule has 0 radical (unpaired) electrons. The van der Waals surface area contributed by atoms with Gasteiger partial charge in [-0.3, -0.25) is 9.59 Å². The van der Waals surface area contributed by atoms with Crippen LogP contribution in [0.2, 0.25) is 0 Å². The molecule has 2 aliphatic rings. The molecule has 2 heterocycles. The van der Waals surface area contributed by atoms with Crippen LogP contribution in [-0.2, 0) is 0 Å². The standard InChI is InChI=1S/C24H14N4O2S2/c25-23(29)11-5-7-17-15(9-11)27-19-13-3-1-2-4-14(13)20-22(21(19)31-17)32-18-8-6-12(24(26)30)10-16(18)28-20/h1-10H,(H2,25,29)(H2,26,30). The van der Waals surface area contributed by atoms with Crippen LogP contribution < -0.4 is 22.2 Å². The number of primary amides is 2. The zero-order valence-electron chi connectivity index (χ0n) is 16.5. The Labute approximate surface area is 190 Å². The highest BCUT2D eigenvalue weighted by Crippen LogP contribution is 2.46. The van der Waals surface area contributed by atoms with E-state index in [4.69, 9.17) is 21.5 Å². The fourth-order valence-electron chi connectivity index (χ4n) is 3.92. The van der Waals surface area contributed by atoms with E-state index in [9.17, 15) is 9.59 Å². The summed E-state index contributed by atoms with van der Waals surface area (Å²) in [5.74, 6) is -0.953. The number of nitrogens with zero attached hydrogens (tertiary/aromatic N) is 2. The molecule has 4 aromatic carbocycles. The molecule has 0 saturated carbocycles. The fourth-order valence-corrected chi connectivity index (χ4v) is 6.18. The lowest BCUT2D eigenvalue weighted by atomic mass is 10.1. The molecule has 0 fully saturated rings. The molecule has 32 heavy (non-hydrogen) atoms. The maximum Gasteiger partial charge on any atom is 0.248 e. The van der Waals surface area contributed by atoms with Crippen LogP contribution in [0.4, 0.5) is 11.4 Å². The zero-order valence-corrected chi connectivity index (χ0v) is 18.1. The van der Waals surface area contributed by atoms with E-state index in [2.05, 4.69) is 0 Å². The minimum atomic E-state index is -0.476. The number of hydrogen-bond acceptors (Lipinski definition) is 6. The van der Waals surface area contributed by atoms with Crippen LogP contribution in [0.15, 0.2) is 90.2 Å². The van der Waals surface area contributed by atoms with Gasteiger partial charge in [-0.15, -0.1) is 0 Å². The number of benzene rings is 4. The molecular weight excluding hydrogens is 440 g/mol. The lowest BCUT2D eigenvalue weighted by molar-refractivity contribution is 0.0992. The largest absolute Gasteiger partial charge is 0.366 e. The highest BCUT2D eigenvalue weighted by atomic mass is 32.2. The van der Waals surface area contributed by atoms with Gasteiger partial charge in [-0.2, -0.15) is 0 Å². The van der Waals surface area contributed by atoms with Gasteiger partial charge in [0.05, 0.1) is 31.9 Å². The Morgan fingerprint density at radius 3 is 1.50 bits per heavy atom. The second kappa shape index (κ2) is 6.94. The van der Waals surface area contributed by atoms with Crippen LogP contribution in [0, 0.1) is 0 Å². The van der Waals surface area contributed by atoms with Crippen LogP contribution in [0.25, 0.3) is 10.8 Å². The maximum absolute atomic E-state index is 11.6. The Kier molecular flexibility index (Phi) is 4.14. The third-order valence-corrected chi connectivity index (χ3v) is 7.91. The van der Waals surface area contributed by atoms with Gasteiger partial charge in [0.2, 0.25) is 11.8 Å². The second-order valence-electron chi connectivity index (χ2n) is 7.42. The van der Waals surface area contributed by atoms with Crippen molar-refractivity contribution in [1.82, 2.24) is 0 Å². The quantitative estimate of drug-likeness (QED) is 0.414. The summed E-state index contributed by atoms with van der Waals surface area (Å²) in [5, 5.41) is 3.67. The van der Waals surface area contributed by atoms with Gasteiger partial charge >= 0.3 is 0 Å². The number of carbonyl (C=O) groups excluding carboxylic acids is 2. The van der Waals surface area contributed by atoms with Crippen LogP contribution in [0.1, 0.15) is 20.7 Å². The number of rotatable bonds is 2. The van der Waals surface area contributed by atoms with Gasteiger partial charge in [0.25, 0.3) is 0 Å². The third kappa shape index (κ3) is 2.84. The topological polar surface area (TPSA) is 111 Å². The van der Waals surface area contributed by atoms with E-state index in [0.29, 0.717) is 11.1 Å². The summed E-state index contributed by atoms with van der Waals surface area (Å²) >= 11 is 3.23. The fraction of sp³-hybridized carbons (Fsp3) is 0. The van der Waals surface area contributed by atoms with Gasteiger partial charge < -0.3 is 11.5 Å². The molecule has 2 aliphatic heterocycles. The molecule has 0 aromatic heterocycles. The van der Waals surface area contributed by atoms with E-state index in [-0.39, 0.29) is 0 Å². The smallest absolute Gasteiger partial charge is 0.248 e. The van der Waals surface area contributed by atoms with Gasteiger partial charge in [0, 0.05) is 31.7 Å². The lowest BCUT2D eigenvalue weighted by Gasteiger charge is -2.21. The molecule has 0 bridgehead atoms. The Morgan fingerprint density at radius 2 is 1.09 bits per heavy atom. The minimum Gasteiger partial charge on any atom is -0.366 e. The molecular formula is C24H14N4O2S2. The van der Waals surface area contributed by atoms with Crippen LogP contribution in [0.5, 0.6) is 0 Å². The molecule has 0 unspecified atom stereocenters. The van der Waals surface area contributed by atoms with E-state index >= 15 is 0 Å². The Hall–Kier alpha value is -3.62. The molecule has 0 spiro atoms. The van der Waals surface area contributed by atoms with E-state index in [1.165, 1.54) is 0 Å². The summed E-state index contributed by atoms with van der Waals surface area (Å²) in [6, 6.07) is 18.7. The van der Waals surface area contributed by atoms with Crippen molar-refractivity contribution in [3.05, 3.63) is 82.5 Å². The Morgan fingerprint density at radius 1 is 0.656 bits per heavy atom. The predicted molar refractivity (Wildman–Crippen MR) is 124 cm³/mol. The normalized spacial score (nSPS) is 13.1. The first-order valence-electron chi connectivity index (χ1n) is 9.75. The minimum absolute atomic E-state index is 0.433. The summed E-state index contributed by atoms with van der Waals surface area (Å²) in [5.41, 5.74) is 13.3. The van der Waals surface area contributed by atoms with E-state index < -0.39 is 11.8 Å². The van der Waals surface area contributed by atoms with E-state index in [0.717, 1.165) is 52.4 Å². The number of amides is 2. The first-order valence-corrected chi connectivity index (χ1v) is 11.4. The highest BCUT2D eigenvalue weighted by molar-refractivity contribution is 8.02. The number of nitrogens with two attached hydrogens (primary N) is 2. The molecule has 0 atom stereocenters. The monoisotopic (exact) mass is 454 g/mol. The summed E-state index contributed by atoms with van der Waals surface area (Å²) in [4.78, 5) is 37.1. The average molecular weight is 455 g/mol. The van der Waals surface area contributed by atoms with Crippen molar-refractivity contribution in [3.8, 4) is 0 Å². The molecule has 0 aliphatic carbocycles. The number of hydrogen-bond donors (Lipinski definition) is 2. The van der Waals surface area contributed by atoms with Gasteiger partial charge in [0.1, 0.15) is 0 Å². The predicted octanol–water partition coefficient (Wildman–Crippen LogP) is 3.87. The number of fused-ring (bicyclic) bond motifs is 8. The zero-order chi connectivity index (χ0) is 22.0. The van der Waals surface area contributed by atoms with Crippen molar-refractivity contribution in [1.29, 1.82) is 0 Å². The van der Waals surface area contributed by atoms with Crippen molar-refractivity contribution >= 4 is 57.5 Å². The van der Waals surface area contributed by atoms with Crippen molar-refractivity contribution < 1.29 is 9.59 Å². The van der Waals surface area contributed by atoms with Gasteiger partial charge in [0.15, 0.2) is 0 Å². The van der Waals surface area contributed by atoms with Crippen molar-refractivity contribution in [2.24, 2.45) is 21.5 Å². The molecule has 154 valence electrons. The molecule has 4 N–H and O–H groups in total. The Bertz CT molecular complexity index is 1520. The first-order chi connectivity index (χ1) is 15.5. The van der Waals surface area contributed by atoms with Crippen molar-refractivity contribution in [3.63, 3.8) is 0 Å². The number of carbonyl (C=O) groups is 2. The first kappa shape index (κ1) is 19.1. The third-order valence-electron chi connectivity index (χ3n) is 5.45. The maximum atomic E-state index is 11.6. The molecule has 2 amide bonds. The second-order valence-corrected chi connectivity index (χ2v) is 9.53. The lowest BCUT2D eigenvalue weighted by Crippen LogP contribution is -2.21. The van der Waals surface area contributed by atoms with E-state index in [1.807, 2.05) is 36.4 Å². The van der Waals surface area contributed by atoms with Crippen LogP contribution in [0.3, 0.4) is 0 Å². The van der Waals surface area contributed by atoms with Gasteiger partial charge in [-0.25, -0.2) is 9.98 Å². The summed E-state index contributed by atoms with van der Waals surface area (Å²) in [6.45, 7) is 0. The highest BCUT2D eigenvalue weighted by Gasteiger charge is 2.24. The van der Waals surface area contributed by atoms with Crippen molar-refractivity contribution in [2.45, 2.75) is 19.6 Å². The van der Waals surface area contributed by atoms with Gasteiger partial charge in [-0.1, -0.05) is 47.8 Å². The summed E-state index contributed by atoms with van der Waals surface area (Å²) in [6.07, 6.45) is 0.